The molecule has 2 aliphatic heterocycles. The first-order chi connectivity index (χ1) is 20.0. The fourth-order valence-electron chi connectivity index (χ4n) is 5.73. The van der Waals surface area contributed by atoms with Gasteiger partial charge in [-0.3, -0.25) is 19.9 Å². The third-order valence-corrected chi connectivity index (χ3v) is 7.91. The Balaban J connectivity index is 1.31. The van der Waals surface area contributed by atoms with Gasteiger partial charge in [0.2, 0.25) is 5.91 Å². The number of nitrogens with one attached hydrogen (secondary N) is 2. The quantitative estimate of drug-likeness (QED) is 0.145. The van der Waals surface area contributed by atoms with Crippen molar-refractivity contribution in [1.29, 1.82) is 0 Å². The number of non-ortho nitro benzene ring substituents is 1. The van der Waals surface area contributed by atoms with E-state index in [0.717, 1.165) is 36.2 Å². The monoisotopic (exact) mass is 548 g/mol. The Hall–Kier alpha value is -4.63. The summed E-state index contributed by atoms with van der Waals surface area (Å²) in [5, 5.41) is 14.4. The minimum Gasteiger partial charge on any atom is -0.345 e. The average molecular weight is 549 g/mol. The van der Waals surface area contributed by atoms with Crippen molar-refractivity contribution in [3.63, 3.8) is 0 Å². The van der Waals surface area contributed by atoms with Crippen LogP contribution in [0.25, 0.3) is 11.3 Å². The number of likely N-dealkylation sites (tertiary alicyclic amines) is 1. The molecular weight excluding hydrogens is 516 g/mol. The molecule has 2 N–H and O–H groups in total. The molecule has 1 unspecified atom stereocenters. The summed E-state index contributed by atoms with van der Waals surface area (Å²) in [6.45, 7) is 3.51. The number of nitro benzene ring substituents is 1. The molecule has 3 aromatic carbocycles. The number of fused-ring (bicyclic) bond motifs is 1. The van der Waals surface area contributed by atoms with Gasteiger partial charge in [-0.05, 0) is 80.2 Å². The van der Waals surface area contributed by atoms with Crippen LogP contribution in [0.4, 0.5) is 17.1 Å². The number of nitrogens with zero attached hydrogens (tertiary/aromatic N) is 4. The van der Waals surface area contributed by atoms with E-state index in [9.17, 15) is 14.9 Å². The molecule has 0 aliphatic carbocycles. The molecule has 0 spiro atoms. The predicted octanol–water partition coefficient (Wildman–Crippen LogP) is 6.26. The zero-order chi connectivity index (χ0) is 28.2. The molecule has 4 aromatic rings. The Kier molecular flexibility index (Phi) is 7.69. The highest BCUT2D eigenvalue weighted by atomic mass is 16.6. The van der Waals surface area contributed by atoms with Crippen LogP contribution in [0, 0.1) is 10.1 Å². The maximum Gasteiger partial charge on any atom is 0.269 e. The first-order valence-corrected chi connectivity index (χ1v) is 14.1. The van der Waals surface area contributed by atoms with E-state index in [-0.39, 0.29) is 11.6 Å². The number of anilines is 1. The van der Waals surface area contributed by atoms with Crippen LogP contribution in [0.1, 0.15) is 48.3 Å². The number of carbonyl (C=O) groups excluding carboxylic acids is 1. The van der Waals surface area contributed by atoms with Crippen molar-refractivity contribution in [1.82, 2.24) is 14.9 Å². The number of hydrogen-bond donors (Lipinski definition) is 2. The van der Waals surface area contributed by atoms with E-state index >= 15 is 0 Å². The molecule has 3 heterocycles. The van der Waals surface area contributed by atoms with Crippen LogP contribution in [0.2, 0.25) is 0 Å². The summed E-state index contributed by atoms with van der Waals surface area (Å²) < 4.78 is 0. The number of carbonyl (C=O) groups is 1. The van der Waals surface area contributed by atoms with Crippen molar-refractivity contribution in [3.8, 4) is 11.3 Å². The van der Waals surface area contributed by atoms with Gasteiger partial charge >= 0.3 is 0 Å². The van der Waals surface area contributed by atoms with Crippen molar-refractivity contribution in [2.24, 2.45) is 4.99 Å². The summed E-state index contributed by atoms with van der Waals surface area (Å²) in [4.78, 5) is 39.1. The number of benzene rings is 3. The molecule has 208 valence electrons. The van der Waals surface area contributed by atoms with Crippen LogP contribution in [0.3, 0.4) is 0 Å². The summed E-state index contributed by atoms with van der Waals surface area (Å²) in [5.74, 6) is -1.03. The second-order valence-corrected chi connectivity index (χ2v) is 10.7. The van der Waals surface area contributed by atoms with Crippen LogP contribution < -0.4 is 5.32 Å². The molecule has 0 bridgehead atoms. The maximum absolute atomic E-state index is 13.3. The van der Waals surface area contributed by atoms with Crippen molar-refractivity contribution < 1.29 is 9.72 Å². The van der Waals surface area contributed by atoms with E-state index in [1.54, 1.807) is 18.6 Å². The smallest absolute Gasteiger partial charge is 0.269 e. The molecule has 1 amide bonds. The fourth-order valence-corrected chi connectivity index (χ4v) is 5.73. The van der Waals surface area contributed by atoms with Crippen molar-refractivity contribution in [2.75, 3.05) is 25.0 Å². The third kappa shape index (κ3) is 5.95. The average Bonchev–Trinajstić information content (AvgIpc) is 3.65. The van der Waals surface area contributed by atoms with Gasteiger partial charge in [0.15, 0.2) is 0 Å². The minimum absolute atomic E-state index is 0.0578. The highest BCUT2D eigenvalue weighted by Gasteiger charge is 2.36. The van der Waals surface area contributed by atoms with Crippen molar-refractivity contribution >= 4 is 28.7 Å². The molecule has 0 radical (unpaired) electrons. The Labute approximate surface area is 238 Å². The van der Waals surface area contributed by atoms with Gasteiger partial charge < -0.3 is 15.2 Å². The molecule has 1 fully saturated rings. The topological polar surface area (TPSA) is 117 Å². The molecule has 1 aromatic heterocycles. The van der Waals surface area contributed by atoms with E-state index in [0.29, 0.717) is 22.6 Å². The second kappa shape index (κ2) is 11.9. The van der Waals surface area contributed by atoms with Gasteiger partial charge in [0, 0.05) is 23.4 Å². The molecule has 41 heavy (non-hydrogen) atoms. The number of aliphatic imine (C=N–C) groups is 1. The fraction of sp³-hybridized carbons (Fsp3) is 0.281. The van der Waals surface area contributed by atoms with E-state index in [1.807, 2.05) is 36.4 Å². The number of piperidine rings is 1. The Morgan fingerprint density at radius 1 is 1.02 bits per heavy atom. The summed E-state index contributed by atoms with van der Waals surface area (Å²) in [7, 11) is 0. The van der Waals surface area contributed by atoms with E-state index in [4.69, 9.17) is 4.99 Å². The molecule has 0 saturated carbocycles. The summed E-state index contributed by atoms with van der Waals surface area (Å²) in [5.41, 5.74) is 6.21. The van der Waals surface area contributed by atoms with E-state index in [2.05, 4.69) is 32.3 Å². The lowest BCUT2D eigenvalue weighted by Gasteiger charge is -2.26. The molecule has 9 heteroatoms. The van der Waals surface area contributed by atoms with Crippen molar-refractivity contribution in [3.05, 3.63) is 106 Å². The number of hydrogen-bond acceptors (Lipinski definition) is 6. The second-order valence-electron chi connectivity index (χ2n) is 10.7. The third-order valence-electron chi connectivity index (χ3n) is 7.91. The molecule has 1 saturated heterocycles. The van der Waals surface area contributed by atoms with Crippen LogP contribution in [0.15, 0.2) is 84.2 Å². The van der Waals surface area contributed by atoms with Gasteiger partial charge in [0.25, 0.3) is 5.69 Å². The number of aromatic nitrogens is 2. The first kappa shape index (κ1) is 26.6. The van der Waals surface area contributed by atoms with Crippen LogP contribution in [-0.4, -0.2) is 51.0 Å². The molecule has 2 aliphatic rings. The van der Waals surface area contributed by atoms with Gasteiger partial charge in [0.05, 0.1) is 34.5 Å². The highest BCUT2D eigenvalue weighted by Crippen LogP contribution is 2.38. The van der Waals surface area contributed by atoms with E-state index < -0.39 is 10.8 Å². The van der Waals surface area contributed by atoms with Gasteiger partial charge in [-0.25, -0.2) is 4.98 Å². The van der Waals surface area contributed by atoms with Crippen LogP contribution in [0.5, 0.6) is 0 Å². The predicted molar refractivity (Wildman–Crippen MR) is 160 cm³/mol. The van der Waals surface area contributed by atoms with E-state index in [1.165, 1.54) is 50.0 Å². The van der Waals surface area contributed by atoms with Crippen LogP contribution >= 0.6 is 0 Å². The number of aromatic amines is 1. The lowest BCUT2D eigenvalue weighted by molar-refractivity contribution is -0.384. The number of aryl methyl sites for hydroxylation is 1. The maximum atomic E-state index is 13.3. The van der Waals surface area contributed by atoms with Gasteiger partial charge in [0.1, 0.15) is 5.92 Å². The lowest BCUT2D eigenvalue weighted by Crippen LogP contribution is -2.30. The van der Waals surface area contributed by atoms with Gasteiger partial charge in [-0.15, -0.1) is 0 Å². The number of rotatable bonds is 9. The largest absolute Gasteiger partial charge is 0.345 e. The molecule has 1 atom stereocenters. The Morgan fingerprint density at radius 3 is 2.51 bits per heavy atom. The zero-order valence-electron chi connectivity index (χ0n) is 22.8. The molecule has 9 nitrogen and oxygen atoms in total. The number of imidazole rings is 1. The minimum atomic E-state index is -0.776. The Morgan fingerprint density at radius 2 is 1.80 bits per heavy atom. The number of nitro groups is 1. The lowest BCUT2D eigenvalue weighted by atomic mass is 9.89. The standard InChI is InChI=1S/C32H32N6O3/c39-32-30(27-19-26(38(40)41)14-15-28(27)36-32)31(35-25-12-10-23(11-13-25)29-20-33-21-34-29)24-8-6-22(7-9-24)5-4-18-37-16-2-1-3-17-37/h6-15,19-21,30H,1-5,16-18H2,(H,33,34)(H,36,39). The molecular formula is C32H32N6O3. The van der Waals surface area contributed by atoms with Gasteiger partial charge in [-0.1, -0.05) is 42.8 Å². The van der Waals surface area contributed by atoms with Gasteiger partial charge in [-0.2, -0.15) is 0 Å². The first-order valence-electron chi connectivity index (χ1n) is 14.1. The SMILES string of the molecule is O=C1Nc2ccc([N+](=O)[O-])cc2C1C(=Nc1ccc(-c2cnc[nH]2)cc1)c1ccc(CCCN2CCCCC2)cc1. The highest BCUT2D eigenvalue weighted by molar-refractivity contribution is 6.24. The summed E-state index contributed by atoms with van der Waals surface area (Å²) >= 11 is 0. The molecule has 6 rings (SSSR count). The number of amides is 1. The normalized spacial score (nSPS) is 17.3. The summed E-state index contributed by atoms with van der Waals surface area (Å²) in [6.07, 6.45) is 9.40. The van der Waals surface area contributed by atoms with Crippen LogP contribution in [-0.2, 0) is 11.2 Å². The number of H-pyrrole nitrogens is 1. The Bertz CT molecular complexity index is 1560. The zero-order valence-corrected chi connectivity index (χ0v) is 22.8. The van der Waals surface area contributed by atoms with Crippen molar-refractivity contribution in [2.45, 2.75) is 38.0 Å². The summed E-state index contributed by atoms with van der Waals surface area (Å²) in [6, 6.07) is 20.4.